The number of carbonyl (C=O) groups is 1. The Bertz CT molecular complexity index is 893. The van der Waals surface area contributed by atoms with E-state index in [0.29, 0.717) is 34.1 Å². The van der Waals surface area contributed by atoms with Crippen LogP contribution in [0, 0.1) is 5.92 Å². The number of carbonyl (C=O) groups excluding carboxylic acids is 1. The second-order valence-electron chi connectivity index (χ2n) is 5.52. The third kappa shape index (κ3) is 2.44. The van der Waals surface area contributed by atoms with Gasteiger partial charge >= 0.3 is 0 Å². The van der Waals surface area contributed by atoms with Crippen LogP contribution >= 0.6 is 0 Å². The van der Waals surface area contributed by atoms with E-state index < -0.39 is 0 Å². The van der Waals surface area contributed by atoms with E-state index in [0.717, 1.165) is 0 Å². The maximum absolute atomic E-state index is 12.5. The molecule has 0 atom stereocenters. The quantitative estimate of drug-likeness (QED) is 0.544. The Morgan fingerprint density at radius 3 is 2.81 bits per heavy atom. The molecule has 0 spiro atoms. The molecule has 0 saturated carbocycles. The molecule has 4 nitrogen and oxygen atoms in total. The summed E-state index contributed by atoms with van der Waals surface area (Å²) in [4.78, 5) is 28.7. The van der Waals surface area contributed by atoms with Crippen molar-refractivity contribution in [1.82, 2.24) is 4.98 Å². The summed E-state index contributed by atoms with van der Waals surface area (Å²) < 4.78 is 5.62. The molecular formula is C17H15NO3. The minimum atomic E-state index is -0.154. The predicted molar refractivity (Wildman–Crippen MR) is 81.6 cm³/mol. The highest BCUT2D eigenvalue weighted by molar-refractivity contribution is 6.00. The zero-order valence-corrected chi connectivity index (χ0v) is 11.9. The van der Waals surface area contributed by atoms with Crippen molar-refractivity contribution in [3.63, 3.8) is 0 Å². The fraction of sp³-hybridized carbons (Fsp3) is 0.235. The van der Waals surface area contributed by atoms with Crippen molar-refractivity contribution in [3.05, 3.63) is 52.3 Å². The minimum absolute atomic E-state index is 0.0394. The Labute approximate surface area is 121 Å². The fourth-order valence-corrected chi connectivity index (χ4v) is 2.35. The number of Topliss-reactive ketones (excluding diaryl/α,β-unsaturated/α-hetero) is 1. The molecule has 1 aromatic carbocycles. The van der Waals surface area contributed by atoms with Gasteiger partial charge in [-0.05, 0) is 36.2 Å². The Hall–Kier alpha value is -2.49. The lowest BCUT2D eigenvalue weighted by molar-refractivity contribution is 0.0968. The number of nitrogens with zero attached hydrogens (tertiary/aromatic N) is 1. The maximum atomic E-state index is 12.5. The SMILES string of the molecule is CC(C)CC(=O)c1ccc2oc3ncccc3c(=O)c2c1. The highest BCUT2D eigenvalue weighted by Gasteiger charge is 2.13. The van der Waals surface area contributed by atoms with Gasteiger partial charge in [0.2, 0.25) is 11.1 Å². The monoisotopic (exact) mass is 281 g/mol. The number of aromatic nitrogens is 1. The number of hydrogen-bond donors (Lipinski definition) is 0. The van der Waals surface area contributed by atoms with Crippen LogP contribution in [0.25, 0.3) is 22.1 Å². The maximum Gasteiger partial charge on any atom is 0.230 e. The molecule has 0 saturated heterocycles. The molecule has 21 heavy (non-hydrogen) atoms. The van der Waals surface area contributed by atoms with Crippen molar-refractivity contribution in [2.45, 2.75) is 20.3 Å². The molecule has 3 rings (SSSR count). The summed E-state index contributed by atoms with van der Waals surface area (Å²) in [6.07, 6.45) is 2.05. The molecule has 0 aliphatic carbocycles. The van der Waals surface area contributed by atoms with E-state index in [4.69, 9.17) is 4.42 Å². The summed E-state index contributed by atoms with van der Waals surface area (Å²) in [5, 5.41) is 0.851. The molecule has 0 amide bonds. The van der Waals surface area contributed by atoms with Gasteiger partial charge in [-0.1, -0.05) is 13.8 Å². The van der Waals surface area contributed by atoms with E-state index >= 15 is 0 Å². The molecule has 2 heterocycles. The van der Waals surface area contributed by atoms with E-state index in [1.807, 2.05) is 13.8 Å². The zero-order valence-electron chi connectivity index (χ0n) is 11.9. The zero-order chi connectivity index (χ0) is 15.0. The van der Waals surface area contributed by atoms with Gasteiger partial charge in [0.05, 0.1) is 10.8 Å². The van der Waals surface area contributed by atoms with E-state index in [1.165, 1.54) is 0 Å². The van der Waals surface area contributed by atoms with Gasteiger partial charge in [-0.2, -0.15) is 0 Å². The molecule has 106 valence electrons. The lowest BCUT2D eigenvalue weighted by atomic mass is 10.00. The molecule has 0 N–H and O–H groups in total. The summed E-state index contributed by atoms with van der Waals surface area (Å²) in [6.45, 7) is 3.99. The molecular weight excluding hydrogens is 266 g/mol. The van der Waals surface area contributed by atoms with Gasteiger partial charge in [0.1, 0.15) is 5.58 Å². The van der Waals surface area contributed by atoms with Gasteiger partial charge in [-0.3, -0.25) is 9.59 Å². The van der Waals surface area contributed by atoms with Gasteiger partial charge in [-0.25, -0.2) is 4.98 Å². The van der Waals surface area contributed by atoms with Gasteiger partial charge in [-0.15, -0.1) is 0 Å². The molecule has 0 fully saturated rings. The number of hydrogen-bond acceptors (Lipinski definition) is 4. The van der Waals surface area contributed by atoms with Crippen LogP contribution in [0.3, 0.4) is 0 Å². The Morgan fingerprint density at radius 1 is 1.24 bits per heavy atom. The largest absolute Gasteiger partial charge is 0.437 e. The predicted octanol–water partition coefficient (Wildman–Crippen LogP) is 3.57. The number of fused-ring (bicyclic) bond motifs is 2. The number of pyridine rings is 1. The lowest BCUT2D eigenvalue weighted by Crippen LogP contribution is -2.07. The van der Waals surface area contributed by atoms with Crippen LogP contribution < -0.4 is 5.43 Å². The standard InChI is InChI=1S/C17H15NO3/c1-10(2)8-14(19)11-5-6-15-13(9-11)16(20)12-4-3-7-18-17(12)21-15/h3-7,9-10H,8H2,1-2H3. The van der Waals surface area contributed by atoms with Crippen molar-refractivity contribution in [1.29, 1.82) is 0 Å². The number of benzene rings is 1. The lowest BCUT2D eigenvalue weighted by Gasteiger charge is -2.05. The molecule has 0 aliphatic heterocycles. The van der Waals surface area contributed by atoms with Crippen molar-refractivity contribution in [3.8, 4) is 0 Å². The topological polar surface area (TPSA) is 60.2 Å². The van der Waals surface area contributed by atoms with Crippen LogP contribution in [0.1, 0.15) is 30.6 Å². The van der Waals surface area contributed by atoms with Crippen LogP contribution in [0.4, 0.5) is 0 Å². The van der Waals surface area contributed by atoms with Crippen LogP contribution in [0.15, 0.2) is 45.7 Å². The first-order valence-electron chi connectivity index (χ1n) is 6.91. The molecule has 4 heteroatoms. The molecule has 0 radical (unpaired) electrons. The fourth-order valence-electron chi connectivity index (χ4n) is 2.35. The molecule has 0 unspecified atom stereocenters. The van der Waals surface area contributed by atoms with Gasteiger partial charge in [0.15, 0.2) is 5.78 Å². The van der Waals surface area contributed by atoms with Gasteiger partial charge in [0.25, 0.3) is 0 Å². The average molecular weight is 281 g/mol. The van der Waals surface area contributed by atoms with E-state index in [-0.39, 0.29) is 17.1 Å². The first-order chi connectivity index (χ1) is 10.1. The Morgan fingerprint density at radius 2 is 2.05 bits per heavy atom. The average Bonchev–Trinajstić information content (AvgIpc) is 2.46. The minimum Gasteiger partial charge on any atom is -0.437 e. The second-order valence-corrected chi connectivity index (χ2v) is 5.52. The van der Waals surface area contributed by atoms with Crippen LogP contribution in [-0.2, 0) is 0 Å². The van der Waals surface area contributed by atoms with Crippen molar-refractivity contribution in [2.75, 3.05) is 0 Å². The smallest absolute Gasteiger partial charge is 0.230 e. The number of ketones is 1. The van der Waals surface area contributed by atoms with Crippen molar-refractivity contribution in [2.24, 2.45) is 5.92 Å². The molecule has 2 aromatic heterocycles. The van der Waals surface area contributed by atoms with E-state index in [1.54, 1.807) is 36.5 Å². The molecule has 0 aliphatic rings. The van der Waals surface area contributed by atoms with E-state index in [9.17, 15) is 9.59 Å². The summed E-state index contributed by atoms with van der Waals surface area (Å²) in [5.74, 6) is 0.322. The number of rotatable bonds is 3. The van der Waals surface area contributed by atoms with Crippen LogP contribution in [0.5, 0.6) is 0 Å². The first-order valence-corrected chi connectivity index (χ1v) is 6.91. The van der Waals surface area contributed by atoms with Crippen molar-refractivity contribution < 1.29 is 9.21 Å². The Kier molecular flexibility index (Phi) is 3.29. The normalized spacial score (nSPS) is 11.4. The summed E-state index contributed by atoms with van der Waals surface area (Å²) in [6, 6.07) is 8.36. The second kappa shape index (κ2) is 5.13. The molecule has 0 bridgehead atoms. The highest BCUT2D eigenvalue weighted by Crippen LogP contribution is 2.19. The Balaban J connectivity index is 2.21. The van der Waals surface area contributed by atoms with Crippen LogP contribution in [0.2, 0.25) is 0 Å². The molecule has 3 aromatic rings. The first kappa shape index (κ1) is 13.5. The van der Waals surface area contributed by atoms with Gasteiger partial charge < -0.3 is 4.42 Å². The summed E-state index contributed by atoms with van der Waals surface area (Å²) in [7, 11) is 0. The van der Waals surface area contributed by atoms with Crippen LogP contribution in [-0.4, -0.2) is 10.8 Å². The third-order valence-corrected chi connectivity index (χ3v) is 3.36. The third-order valence-electron chi connectivity index (χ3n) is 3.36. The summed E-state index contributed by atoms with van der Waals surface area (Å²) >= 11 is 0. The highest BCUT2D eigenvalue weighted by atomic mass is 16.3. The summed E-state index contributed by atoms with van der Waals surface area (Å²) in [5.41, 5.74) is 1.16. The van der Waals surface area contributed by atoms with Gasteiger partial charge in [0, 0.05) is 18.2 Å². The van der Waals surface area contributed by atoms with Crippen molar-refractivity contribution >= 4 is 27.9 Å². The van der Waals surface area contributed by atoms with E-state index in [2.05, 4.69) is 4.98 Å².